The Balaban J connectivity index is 0.000000730. The molecule has 0 aliphatic carbocycles. The van der Waals surface area contributed by atoms with Crippen molar-refractivity contribution in [2.45, 2.75) is 26.3 Å². The van der Waals surface area contributed by atoms with E-state index in [1.165, 1.54) is 0 Å². The molecule has 4 aromatic heterocycles. The number of amides is 1. The van der Waals surface area contributed by atoms with Crippen LogP contribution in [0.5, 0.6) is 0 Å². The van der Waals surface area contributed by atoms with Crippen LogP contribution >= 0.6 is 0 Å². The molecule has 31 heavy (non-hydrogen) atoms. The number of imidazole rings is 1. The molecule has 0 saturated carbocycles. The van der Waals surface area contributed by atoms with E-state index in [0.29, 0.717) is 24.4 Å². The van der Waals surface area contributed by atoms with E-state index in [2.05, 4.69) is 25.1 Å². The molecule has 0 saturated heterocycles. The largest absolute Gasteiger partial charge is 0.483 e. The quantitative estimate of drug-likeness (QED) is 0.465. The summed E-state index contributed by atoms with van der Waals surface area (Å²) >= 11 is 0. The van der Waals surface area contributed by atoms with Crippen molar-refractivity contribution in [2.24, 2.45) is 7.05 Å². The molecule has 11 nitrogen and oxygen atoms in total. The lowest BCUT2D eigenvalue weighted by atomic mass is 9.93. The van der Waals surface area contributed by atoms with Crippen molar-refractivity contribution in [2.75, 3.05) is 6.54 Å². The fourth-order valence-electron chi connectivity index (χ4n) is 3.91. The van der Waals surface area contributed by atoms with Gasteiger partial charge in [0.15, 0.2) is 11.3 Å². The van der Waals surface area contributed by atoms with Crippen LogP contribution < -0.4 is 0 Å². The maximum absolute atomic E-state index is 13.2. The Bertz CT molecular complexity index is 1250. The first-order valence-electron chi connectivity index (χ1n) is 9.63. The summed E-state index contributed by atoms with van der Waals surface area (Å²) in [6, 6.07) is 3.70. The van der Waals surface area contributed by atoms with Crippen LogP contribution in [0, 0.1) is 13.8 Å². The van der Waals surface area contributed by atoms with Crippen LogP contribution in [0.3, 0.4) is 0 Å². The normalized spacial score (nSPS) is 15.3. The highest BCUT2D eigenvalue weighted by Gasteiger charge is 2.33. The third-order valence-electron chi connectivity index (χ3n) is 5.20. The molecule has 0 aromatic carbocycles. The summed E-state index contributed by atoms with van der Waals surface area (Å²) < 4.78 is 3.48. The second kappa shape index (κ2) is 8.01. The van der Waals surface area contributed by atoms with Gasteiger partial charge < -0.3 is 15.0 Å². The molecular formula is C20H22N8O3. The lowest BCUT2D eigenvalue weighted by Gasteiger charge is -2.31. The number of aromatic nitrogens is 7. The smallest absolute Gasteiger partial charge is 0.290 e. The first-order chi connectivity index (χ1) is 14.9. The third-order valence-corrected chi connectivity index (χ3v) is 5.20. The fraction of sp³-hybridized carbons (Fsp3) is 0.300. The minimum absolute atomic E-state index is 0.0215. The standard InChI is InChI=1S/C19H20N8O.CH2O2/c1-11-4-12(2)27-17(23-11)5-15(24-27)19(28)26-8-14(13-6-22-25(3)7-13)18-16(9-26)20-10-21-18;2-1-3/h4-7,10,14H,8-9H2,1-3H3,(H,20,21);1H,(H,2,3). The highest BCUT2D eigenvalue weighted by molar-refractivity contribution is 5.93. The molecule has 1 aliphatic heterocycles. The molecule has 1 aliphatic rings. The lowest BCUT2D eigenvalue weighted by molar-refractivity contribution is -0.122. The second-order valence-corrected chi connectivity index (χ2v) is 7.40. The molecular weight excluding hydrogens is 400 g/mol. The number of rotatable bonds is 2. The Kier molecular flexibility index (Phi) is 5.24. The van der Waals surface area contributed by atoms with Crippen LogP contribution in [0.25, 0.3) is 5.65 Å². The molecule has 1 atom stereocenters. The Morgan fingerprint density at radius 2 is 2.10 bits per heavy atom. The van der Waals surface area contributed by atoms with Crippen molar-refractivity contribution in [1.29, 1.82) is 0 Å². The Morgan fingerprint density at radius 1 is 1.32 bits per heavy atom. The molecule has 1 unspecified atom stereocenters. The van der Waals surface area contributed by atoms with Gasteiger partial charge >= 0.3 is 0 Å². The van der Waals surface area contributed by atoms with E-state index in [0.717, 1.165) is 28.3 Å². The van der Waals surface area contributed by atoms with Crippen molar-refractivity contribution in [1.82, 2.24) is 39.2 Å². The SMILES string of the molecule is Cc1cc(C)n2nc(C(=O)N3Cc4[nH]cnc4C(c4cnn(C)c4)C3)cc2n1.O=CO. The zero-order valence-corrected chi connectivity index (χ0v) is 17.3. The number of carbonyl (C=O) groups is 2. The van der Waals surface area contributed by atoms with Gasteiger partial charge in [0, 0.05) is 48.7 Å². The molecule has 160 valence electrons. The number of nitrogens with zero attached hydrogens (tertiary/aromatic N) is 7. The summed E-state index contributed by atoms with van der Waals surface area (Å²) in [4.78, 5) is 35.6. The minimum Gasteiger partial charge on any atom is -0.483 e. The first kappa shape index (κ1) is 20.3. The van der Waals surface area contributed by atoms with E-state index in [9.17, 15) is 4.79 Å². The van der Waals surface area contributed by atoms with Gasteiger partial charge in [-0.1, -0.05) is 0 Å². The van der Waals surface area contributed by atoms with E-state index >= 15 is 0 Å². The van der Waals surface area contributed by atoms with Crippen LogP contribution in [0.4, 0.5) is 0 Å². The van der Waals surface area contributed by atoms with Crippen molar-refractivity contribution in [3.05, 3.63) is 64.9 Å². The van der Waals surface area contributed by atoms with Crippen LogP contribution in [0.2, 0.25) is 0 Å². The fourth-order valence-corrected chi connectivity index (χ4v) is 3.91. The van der Waals surface area contributed by atoms with Gasteiger partial charge in [-0.05, 0) is 19.9 Å². The summed E-state index contributed by atoms with van der Waals surface area (Å²) in [5.41, 5.74) is 5.89. The summed E-state index contributed by atoms with van der Waals surface area (Å²) in [5, 5.41) is 15.7. The van der Waals surface area contributed by atoms with Crippen LogP contribution in [0.1, 0.15) is 44.7 Å². The van der Waals surface area contributed by atoms with Crippen molar-refractivity contribution in [3.8, 4) is 0 Å². The predicted molar refractivity (Wildman–Crippen MR) is 110 cm³/mol. The van der Waals surface area contributed by atoms with Crippen LogP contribution in [-0.4, -0.2) is 63.3 Å². The number of H-pyrrole nitrogens is 1. The number of carbonyl (C=O) groups excluding carboxylic acids is 1. The second-order valence-electron chi connectivity index (χ2n) is 7.40. The molecule has 0 fully saturated rings. The summed E-state index contributed by atoms with van der Waals surface area (Å²) in [6.07, 6.45) is 5.49. The average molecular weight is 422 g/mol. The summed E-state index contributed by atoms with van der Waals surface area (Å²) in [5.74, 6) is -0.136. The van der Waals surface area contributed by atoms with Crippen molar-refractivity contribution >= 4 is 18.0 Å². The number of hydrogen-bond acceptors (Lipinski definition) is 6. The Hall–Kier alpha value is -4.02. The number of aromatic amines is 1. The lowest BCUT2D eigenvalue weighted by Crippen LogP contribution is -2.39. The molecule has 0 bridgehead atoms. The summed E-state index contributed by atoms with van der Waals surface area (Å²) in [7, 11) is 1.88. The number of nitrogens with one attached hydrogen (secondary N) is 1. The third kappa shape index (κ3) is 3.77. The van der Waals surface area contributed by atoms with Gasteiger partial charge in [0.1, 0.15) is 0 Å². The topological polar surface area (TPSA) is 134 Å². The van der Waals surface area contributed by atoms with E-state index in [1.54, 1.807) is 21.6 Å². The van der Waals surface area contributed by atoms with E-state index in [-0.39, 0.29) is 18.3 Å². The summed E-state index contributed by atoms with van der Waals surface area (Å²) in [6.45, 7) is 4.65. The van der Waals surface area contributed by atoms with Gasteiger partial charge in [-0.15, -0.1) is 0 Å². The van der Waals surface area contributed by atoms with Crippen LogP contribution in [0.15, 0.2) is 30.9 Å². The van der Waals surface area contributed by atoms with E-state index in [4.69, 9.17) is 9.90 Å². The van der Waals surface area contributed by atoms with Gasteiger partial charge in [-0.25, -0.2) is 14.5 Å². The maximum atomic E-state index is 13.2. The minimum atomic E-state index is -0.250. The number of fused-ring (bicyclic) bond motifs is 2. The molecule has 4 aromatic rings. The van der Waals surface area contributed by atoms with Crippen molar-refractivity contribution in [3.63, 3.8) is 0 Å². The van der Waals surface area contributed by atoms with E-state index in [1.807, 2.05) is 44.3 Å². The molecule has 5 rings (SSSR count). The first-order valence-corrected chi connectivity index (χ1v) is 9.63. The van der Waals surface area contributed by atoms with Gasteiger partial charge in [0.25, 0.3) is 12.4 Å². The highest BCUT2D eigenvalue weighted by atomic mass is 16.3. The predicted octanol–water partition coefficient (Wildman–Crippen LogP) is 1.29. The zero-order chi connectivity index (χ0) is 22.1. The molecule has 0 radical (unpaired) electrons. The average Bonchev–Trinajstić information content (AvgIpc) is 3.46. The number of carboxylic acid groups (broad SMARTS) is 1. The van der Waals surface area contributed by atoms with Gasteiger partial charge in [0.05, 0.1) is 30.5 Å². The number of aryl methyl sites for hydroxylation is 3. The molecule has 11 heteroatoms. The molecule has 2 N–H and O–H groups in total. The Labute approximate surface area is 177 Å². The van der Waals surface area contributed by atoms with Crippen LogP contribution in [-0.2, 0) is 18.4 Å². The van der Waals surface area contributed by atoms with Gasteiger partial charge in [-0.2, -0.15) is 10.2 Å². The molecule has 5 heterocycles. The number of hydrogen-bond donors (Lipinski definition) is 2. The van der Waals surface area contributed by atoms with Crippen molar-refractivity contribution < 1.29 is 14.7 Å². The molecule has 0 spiro atoms. The molecule has 1 amide bonds. The zero-order valence-electron chi connectivity index (χ0n) is 17.3. The monoisotopic (exact) mass is 422 g/mol. The maximum Gasteiger partial charge on any atom is 0.290 e. The highest BCUT2D eigenvalue weighted by Crippen LogP contribution is 2.31. The van der Waals surface area contributed by atoms with Gasteiger partial charge in [-0.3, -0.25) is 14.3 Å². The van der Waals surface area contributed by atoms with Gasteiger partial charge in [0.2, 0.25) is 0 Å². The van der Waals surface area contributed by atoms with E-state index < -0.39 is 0 Å². The Morgan fingerprint density at radius 3 is 2.81 bits per heavy atom.